The molecule has 0 spiro atoms. The van der Waals surface area contributed by atoms with Crippen molar-refractivity contribution in [2.24, 2.45) is 0 Å². The summed E-state index contributed by atoms with van der Waals surface area (Å²) in [6, 6.07) is 1.44. The van der Waals surface area contributed by atoms with Gasteiger partial charge in [0.2, 0.25) is 0 Å². The molecule has 9 nitrogen and oxygen atoms in total. The zero-order valence-electron chi connectivity index (χ0n) is 19.1. The molecule has 1 amide bonds. The van der Waals surface area contributed by atoms with Crippen LogP contribution in [0, 0.1) is 12.7 Å². The van der Waals surface area contributed by atoms with E-state index in [4.69, 9.17) is 9.57 Å². The van der Waals surface area contributed by atoms with Crippen LogP contribution in [0.1, 0.15) is 67.4 Å². The first-order valence-electron chi connectivity index (χ1n) is 11.0. The summed E-state index contributed by atoms with van der Waals surface area (Å²) in [4.78, 5) is 43.4. The fraction of sp³-hybridized carbons (Fsp3) is 0.522. The Labute approximate surface area is 190 Å². The van der Waals surface area contributed by atoms with Crippen molar-refractivity contribution in [1.82, 2.24) is 9.88 Å². The molecule has 33 heavy (non-hydrogen) atoms. The number of carboxylic acids is 1. The van der Waals surface area contributed by atoms with Gasteiger partial charge in [-0.15, -0.1) is 0 Å². The normalized spacial score (nSPS) is 18.6. The van der Waals surface area contributed by atoms with E-state index in [0.717, 1.165) is 29.0 Å². The van der Waals surface area contributed by atoms with Crippen LogP contribution in [-0.2, 0) is 9.57 Å². The van der Waals surface area contributed by atoms with Gasteiger partial charge in [-0.25, -0.2) is 14.0 Å². The molecule has 1 atom stereocenters. The third-order valence-corrected chi connectivity index (χ3v) is 5.86. The van der Waals surface area contributed by atoms with E-state index in [-0.39, 0.29) is 17.6 Å². The number of rotatable bonds is 5. The summed E-state index contributed by atoms with van der Waals surface area (Å²) in [6.45, 7) is 7.80. The average molecular weight is 461 g/mol. The summed E-state index contributed by atoms with van der Waals surface area (Å²) in [7, 11) is 0. The minimum atomic E-state index is -1.32. The van der Waals surface area contributed by atoms with Crippen LogP contribution in [0.15, 0.2) is 17.1 Å². The van der Waals surface area contributed by atoms with Crippen LogP contribution < -0.4 is 15.9 Å². The largest absolute Gasteiger partial charge is 0.477 e. The van der Waals surface area contributed by atoms with E-state index in [0.29, 0.717) is 36.3 Å². The lowest BCUT2D eigenvalue weighted by molar-refractivity contribution is -0.0348. The Balaban J connectivity index is 1.62. The maximum Gasteiger partial charge on any atom is 0.431 e. The second-order valence-electron chi connectivity index (χ2n) is 9.65. The van der Waals surface area contributed by atoms with Crippen molar-refractivity contribution >= 4 is 23.3 Å². The molecule has 1 aliphatic heterocycles. The van der Waals surface area contributed by atoms with Gasteiger partial charge in [0, 0.05) is 13.1 Å². The number of pyridine rings is 2. The van der Waals surface area contributed by atoms with Gasteiger partial charge in [0.1, 0.15) is 17.3 Å². The quantitative estimate of drug-likeness (QED) is 0.657. The number of amides is 1. The van der Waals surface area contributed by atoms with Gasteiger partial charge in [0.25, 0.3) is 5.56 Å². The molecule has 2 aromatic heterocycles. The van der Waals surface area contributed by atoms with Gasteiger partial charge in [0.05, 0.1) is 17.4 Å². The monoisotopic (exact) mass is 461 g/mol. The highest BCUT2D eigenvalue weighted by atomic mass is 19.1. The van der Waals surface area contributed by atoms with Crippen molar-refractivity contribution in [2.45, 2.75) is 64.6 Å². The predicted octanol–water partition coefficient (Wildman–Crippen LogP) is 3.36. The van der Waals surface area contributed by atoms with Crippen molar-refractivity contribution < 1.29 is 28.7 Å². The van der Waals surface area contributed by atoms with Crippen molar-refractivity contribution in [1.29, 1.82) is 0 Å². The van der Waals surface area contributed by atoms with Crippen LogP contribution in [0.2, 0.25) is 0 Å². The van der Waals surface area contributed by atoms with E-state index in [2.05, 4.69) is 5.48 Å². The van der Waals surface area contributed by atoms with E-state index >= 15 is 4.39 Å². The van der Waals surface area contributed by atoms with Crippen molar-refractivity contribution in [3.05, 3.63) is 45.1 Å². The van der Waals surface area contributed by atoms with E-state index in [9.17, 15) is 19.5 Å². The van der Waals surface area contributed by atoms with Crippen molar-refractivity contribution in [2.75, 3.05) is 18.0 Å². The van der Waals surface area contributed by atoms with E-state index in [1.165, 1.54) is 6.07 Å². The molecule has 1 saturated heterocycles. The summed E-state index contributed by atoms with van der Waals surface area (Å²) in [6.07, 6.45) is 2.36. The number of hydrogen-bond acceptors (Lipinski definition) is 6. The maximum atomic E-state index is 15.2. The first kappa shape index (κ1) is 23.0. The topological polar surface area (TPSA) is 110 Å². The highest BCUT2D eigenvalue weighted by Gasteiger charge is 2.33. The third kappa shape index (κ3) is 4.66. The summed E-state index contributed by atoms with van der Waals surface area (Å²) >= 11 is 0. The molecular formula is C23H28FN3O6. The summed E-state index contributed by atoms with van der Waals surface area (Å²) < 4.78 is 21.5. The Morgan fingerprint density at radius 2 is 1.94 bits per heavy atom. The van der Waals surface area contributed by atoms with Gasteiger partial charge in [-0.2, -0.15) is 5.48 Å². The highest BCUT2D eigenvalue weighted by molar-refractivity contribution is 5.89. The van der Waals surface area contributed by atoms with Gasteiger partial charge in [0.15, 0.2) is 5.82 Å². The number of anilines is 1. The number of aromatic nitrogens is 1. The highest BCUT2D eigenvalue weighted by Crippen LogP contribution is 2.44. The molecule has 1 saturated carbocycles. The van der Waals surface area contributed by atoms with Gasteiger partial charge in [-0.05, 0) is 70.1 Å². The van der Waals surface area contributed by atoms with Crippen molar-refractivity contribution in [3.8, 4) is 0 Å². The van der Waals surface area contributed by atoms with Crippen molar-refractivity contribution in [3.63, 3.8) is 0 Å². The number of fused-ring (bicyclic) bond motifs is 1. The first-order valence-corrected chi connectivity index (χ1v) is 11.0. The Morgan fingerprint density at radius 3 is 2.55 bits per heavy atom. The molecule has 1 unspecified atom stereocenters. The fourth-order valence-electron chi connectivity index (χ4n) is 4.35. The summed E-state index contributed by atoms with van der Waals surface area (Å²) in [5.74, 6) is -1.79. The molecule has 10 heteroatoms. The molecule has 1 aliphatic carbocycles. The van der Waals surface area contributed by atoms with E-state index in [1.807, 2.05) is 4.90 Å². The third-order valence-electron chi connectivity index (χ3n) is 5.86. The molecule has 3 heterocycles. The van der Waals surface area contributed by atoms with Gasteiger partial charge in [-0.1, -0.05) is 0 Å². The number of aryl methyl sites for hydroxylation is 1. The summed E-state index contributed by atoms with van der Waals surface area (Å²) in [5, 5.41) is 9.43. The second-order valence-corrected chi connectivity index (χ2v) is 9.65. The number of carboxylic acid groups (broad SMARTS) is 1. The number of hydrogen-bond donors (Lipinski definition) is 2. The predicted molar refractivity (Wildman–Crippen MR) is 118 cm³/mol. The molecule has 2 fully saturated rings. The van der Waals surface area contributed by atoms with Gasteiger partial charge >= 0.3 is 12.1 Å². The molecule has 0 bridgehead atoms. The Hall–Kier alpha value is -3.14. The molecule has 2 aliphatic rings. The van der Waals surface area contributed by atoms with Crippen LogP contribution >= 0.6 is 0 Å². The minimum Gasteiger partial charge on any atom is -0.477 e. The van der Waals surface area contributed by atoms with Gasteiger partial charge in [-0.3, -0.25) is 14.0 Å². The van der Waals surface area contributed by atoms with E-state index < -0.39 is 29.0 Å². The standard InChI is InChI=1S/C23H28FN3O6/c1-12-18-15(13-5-6-13)9-16(21(29)30)20(28)27(18)11-17(24)19(12)26-8-7-14(10-26)33-25-22(31)32-23(2,3)4/h9,11,13-14H,5-8,10H2,1-4H3,(H,25,31)(H,29,30). The number of ether oxygens (including phenoxy) is 1. The zero-order valence-corrected chi connectivity index (χ0v) is 19.1. The lowest BCUT2D eigenvalue weighted by Crippen LogP contribution is -2.36. The maximum absolute atomic E-state index is 15.2. The number of halogens is 1. The fourth-order valence-corrected chi connectivity index (χ4v) is 4.35. The molecule has 178 valence electrons. The minimum absolute atomic E-state index is 0.156. The Bertz CT molecular complexity index is 1180. The lowest BCUT2D eigenvalue weighted by Gasteiger charge is -2.24. The van der Waals surface area contributed by atoms with Crippen LogP contribution in [0.5, 0.6) is 0 Å². The smallest absolute Gasteiger partial charge is 0.431 e. The summed E-state index contributed by atoms with van der Waals surface area (Å²) in [5.41, 5.74) is 2.76. The van der Waals surface area contributed by atoms with Gasteiger partial charge < -0.3 is 14.7 Å². The number of aromatic carboxylic acids is 1. The second kappa shape index (κ2) is 8.33. The van der Waals surface area contributed by atoms with Crippen LogP contribution in [-0.4, -0.2) is 46.4 Å². The number of carbonyl (C=O) groups excluding carboxylic acids is 1. The molecule has 0 aromatic carbocycles. The molecule has 4 rings (SSSR count). The number of nitrogens with one attached hydrogen (secondary N) is 1. The lowest BCUT2D eigenvalue weighted by atomic mass is 10.0. The number of nitrogens with zero attached hydrogens (tertiary/aromatic N) is 2. The van der Waals surface area contributed by atoms with Crippen LogP contribution in [0.25, 0.3) is 5.52 Å². The Kier molecular flexibility index (Phi) is 5.81. The molecule has 0 radical (unpaired) electrons. The van der Waals surface area contributed by atoms with Crippen LogP contribution in [0.3, 0.4) is 0 Å². The first-order chi connectivity index (χ1) is 15.5. The average Bonchev–Trinajstić information content (AvgIpc) is 3.44. The number of hydroxylamine groups is 1. The SMILES string of the molecule is Cc1c(N2CCC(ONC(=O)OC(C)(C)C)C2)c(F)cn2c(=O)c(C(=O)O)cc(C3CC3)c12. The number of carbonyl (C=O) groups is 2. The Morgan fingerprint density at radius 1 is 1.24 bits per heavy atom. The van der Waals surface area contributed by atoms with Crippen LogP contribution in [0.4, 0.5) is 14.9 Å². The molecule has 2 N–H and O–H groups in total. The van der Waals surface area contributed by atoms with E-state index in [1.54, 1.807) is 27.7 Å². The zero-order chi connectivity index (χ0) is 24.1. The molecular weight excluding hydrogens is 433 g/mol. The molecule has 2 aromatic rings.